The molecule has 2 unspecified atom stereocenters. The number of amides is 1. The minimum Gasteiger partial charge on any atom is -0.457 e. The van der Waals surface area contributed by atoms with E-state index in [4.69, 9.17) is 23.4 Å². The molecule has 0 spiro atoms. The van der Waals surface area contributed by atoms with Gasteiger partial charge in [0.1, 0.15) is 17.8 Å². The quantitative estimate of drug-likeness (QED) is 0.249. The third-order valence-corrected chi connectivity index (χ3v) is 13.6. The highest BCUT2D eigenvalue weighted by Gasteiger charge is 2.65. The van der Waals surface area contributed by atoms with Gasteiger partial charge in [0, 0.05) is 26.0 Å². The summed E-state index contributed by atoms with van der Waals surface area (Å²) in [6.07, 6.45) is -8.97. The van der Waals surface area contributed by atoms with Crippen LogP contribution in [0.4, 0.5) is 18.9 Å². The molecule has 3 aromatic carbocycles. The van der Waals surface area contributed by atoms with Gasteiger partial charge in [-0.15, -0.1) is 0 Å². The standard InChI is InChI=1S/C35H38F3NO8Si/c1-22(40)44-29-20-34(24-16-18-25(19-17-24)39-32(42)35(36,37)38)31(46-29)30(45-23(2)41)28(47-34)21-43-48(33(3,4)5,26-12-8-6-9-13-26)27-14-10-7-11-15-27/h6-19,28-31H,20-21H2,1-5H3,(H,39,42)/t28-,29?,30-,31?,34+/m1/s1. The number of fused-ring (bicyclic) bond motifs is 1. The number of hydrogen-bond donors (Lipinski definition) is 1. The monoisotopic (exact) mass is 685 g/mol. The van der Waals surface area contributed by atoms with E-state index in [1.807, 2.05) is 66.0 Å². The van der Waals surface area contributed by atoms with Gasteiger partial charge in [0.05, 0.1) is 6.61 Å². The molecule has 5 atom stereocenters. The number of esters is 2. The Labute approximate surface area is 277 Å². The van der Waals surface area contributed by atoms with Crippen molar-refractivity contribution in [2.24, 2.45) is 0 Å². The number of hydrogen-bond acceptors (Lipinski definition) is 8. The molecule has 3 aromatic rings. The Kier molecular flexibility index (Phi) is 9.89. The third-order valence-electron chi connectivity index (χ3n) is 8.62. The molecule has 48 heavy (non-hydrogen) atoms. The van der Waals surface area contributed by atoms with Crippen LogP contribution in [0, 0.1) is 0 Å². The van der Waals surface area contributed by atoms with E-state index in [1.165, 1.54) is 38.1 Å². The minimum absolute atomic E-state index is 0.00101. The Morgan fingerprint density at radius 2 is 1.40 bits per heavy atom. The van der Waals surface area contributed by atoms with Gasteiger partial charge in [0.25, 0.3) is 8.32 Å². The van der Waals surface area contributed by atoms with Crippen molar-refractivity contribution in [3.63, 3.8) is 0 Å². The topological polar surface area (TPSA) is 109 Å². The number of carbonyl (C=O) groups excluding carboxylic acids is 3. The summed E-state index contributed by atoms with van der Waals surface area (Å²) in [5.41, 5.74) is -0.991. The molecular weight excluding hydrogens is 647 g/mol. The zero-order valence-electron chi connectivity index (χ0n) is 27.2. The van der Waals surface area contributed by atoms with E-state index < -0.39 is 62.5 Å². The lowest BCUT2D eigenvalue weighted by molar-refractivity contribution is -0.186. The van der Waals surface area contributed by atoms with Gasteiger partial charge in [-0.1, -0.05) is 93.6 Å². The van der Waals surface area contributed by atoms with Crippen molar-refractivity contribution in [1.82, 2.24) is 0 Å². The maximum absolute atomic E-state index is 12.9. The molecule has 2 heterocycles. The molecule has 0 radical (unpaired) electrons. The largest absolute Gasteiger partial charge is 0.471 e. The Bertz CT molecular complexity index is 1580. The molecule has 13 heteroatoms. The van der Waals surface area contributed by atoms with Crippen LogP contribution in [0.3, 0.4) is 0 Å². The van der Waals surface area contributed by atoms with Crippen LogP contribution < -0.4 is 15.7 Å². The number of alkyl halides is 3. The summed E-state index contributed by atoms with van der Waals surface area (Å²) < 4.78 is 70.0. The maximum atomic E-state index is 12.9. The molecule has 0 saturated carbocycles. The maximum Gasteiger partial charge on any atom is 0.471 e. The molecule has 2 fully saturated rings. The first-order valence-corrected chi connectivity index (χ1v) is 17.4. The summed E-state index contributed by atoms with van der Waals surface area (Å²) in [4.78, 5) is 35.9. The number of benzene rings is 3. The molecule has 5 rings (SSSR count). The van der Waals surface area contributed by atoms with Crippen LogP contribution in [0.2, 0.25) is 5.04 Å². The lowest BCUT2D eigenvalue weighted by Crippen LogP contribution is -2.67. The molecular formula is C35H38F3NO8Si. The second-order valence-electron chi connectivity index (χ2n) is 12.9. The fraction of sp³-hybridized carbons (Fsp3) is 0.400. The fourth-order valence-electron chi connectivity index (χ4n) is 6.74. The summed E-state index contributed by atoms with van der Waals surface area (Å²) in [6, 6.07) is 25.5. The average molecular weight is 686 g/mol. The van der Waals surface area contributed by atoms with E-state index in [2.05, 4.69) is 20.8 Å². The average Bonchev–Trinajstić information content (AvgIpc) is 3.50. The zero-order chi connectivity index (χ0) is 34.9. The van der Waals surface area contributed by atoms with Crippen LogP contribution in [-0.2, 0) is 43.4 Å². The minimum atomic E-state index is -5.07. The lowest BCUT2D eigenvalue weighted by atomic mass is 9.86. The number of nitrogens with one attached hydrogen (secondary N) is 1. The molecule has 2 saturated heterocycles. The van der Waals surface area contributed by atoms with Crippen LogP contribution in [0.1, 0.15) is 46.6 Å². The molecule has 0 bridgehead atoms. The summed E-state index contributed by atoms with van der Waals surface area (Å²) >= 11 is 0. The van der Waals surface area contributed by atoms with Gasteiger partial charge in [-0.2, -0.15) is 13.2 Å². The normalized spacial score (nSPS) is 24.1. The van der Waals surface area contributed by atoms with Crippen molar-refractivity contribution in [1.29, 1.82) is 0 Å². The molecule has 0 aromatic heterocycles. The summed E-state index contributed by atoms with van der Waals surface area (Å²) in [6.45, 7) is 8.86. The molecule has 2 aliphatic heterocycles. The predicted molar refractivity (Wildman–Crippen MR) is 172 cm³/mol. The van der Waals surface area contributed by atoms with Crippen molar-refractivity contribution >= 4 is 42.2 Å². The second kappa shape index (κ2) is 13.5. The number of carbonyl (C=O) groups is 3. The van der Waals surface area contributed by atoms with Crippen molar-refractivity contribution < 1.29 is 50.9 Å². The van der Waals surface area contributed by atoms with Gasteiger partial charge in [-0.25, -0.2) is 0 Å². The smallest absolute Gasteiger partial charge is 0.457 e. The van der Waals surface area contributed by atoms with Gasteiger partial charge >= 0.3 is 24.0 Å². The van der Waals surface area contributed by atoms with Gasteiger partial charge in [0.15, 0.2) is 6.10 Å². The molecule has 1 amide bonds. The van der Waals surface area contributed by atoms with Crippen molar-refractivity contribution in [3.05, 3.63) is 90.5 Å². The molecule has 0 aliphatic carbocycles. The first kappa shape index (κ1) is 35.3. The van der Waals surface area contributed by atoms with Gasteiger partial charge in [0.2, 0.25) is 6.29 Å². The zero-order valence-corrected chi connectivity index (χ0v) is 28.2. The molecule has 9 nitrogen and oxygen atoms in total. The summed E-state index contributed by atoms with van der Waals surface area (Å²) in [7, 11) is -3.06. The Balaban J connectivity index is 1.54. The van der Waals surface area contributed by atoms with Crippen LogP contribution in [0.15, 0.2) is 84.9 Å². The van der Waals surface area contributed by atoms with Crippen molar-refractivity contribution in [2.75, 3.05) is 11.9 Å². The number of anilines is 1. The van der Waals surface area contributed by atoms with Crippen LogP contribution in [0.5, 0.6) is 0 Å². The number of ether oxygens (including phenoxy) is 4. The second-order valence-corrected chi connectivity index (χ2v) is 17.2. The van der Waals surface area contributed by atoms with E-state index in [1.54, 1.807) is 0 Å². The first-order valence-electron chi connectivity index (χ1n) is 15.5. The highest BCUT2D eigenvalue weighted by molar-refractivity contribution is 6.99. The predicted octanol–water partition coefficient (Wildman–Crippen LogP) is 4.97. The summed E-state index contributed by atoms with van der Waals surface area (Å²) in [5, 5.41) is 3.52. The van der Waals surface area contributed by atoms with E-state index in [0.717, 1.165) is 10.4 Å². The molecule has 2 aliphatic rings. The highest BCUT2D eigenvalue weighted by Crippen LogP contribution is 2.52. The third kappa shape index (κ3) is 6.91. The molecule has 1 N–H and O–H groups in total. The van der Waals surface area contributed by atoms with E-state index in [-0.39, 0.29) is 23.8 Å². The first-order chi connectivity index (χ1) is 22.6. The highest BCUT2D eigenvalue weighted by atomic mass is 28.4. The summed E-state index contributed by atoms with van der Waals surface area (Å²) in [5.74, 6) is -3.31. The van der Waals surface area contributed by atoms with Crippen LogP contribution in [-0.4, -0.2) is 63.5 Å². The van der Waals surface area contributed by atoms with Crippen molar-refractivity contribution in [3.8, 4) is 0 Å². The Hall–Kier alpha value is -4.04. The van der Waals surface area contributed by atoms with E-state index in [9.17, 15) is 27.6 Å². The fourth-order valence-corrected chi connectivity index (χ4v) is 11.3. The number of halogens is 3. The SMILES string of the molecule is CC(=O)OC1C[C@@]2(c3ccc(NC(=O)C(F)(F)F)cc3)O[C@H](CO[Si](c3ccccc3)(c3ccccc3)C(C)(C)C)[C@@H](OC(C)=O)C2O1. The van der Waals surface area contributed by atoms with E-state index in [0.29, 0.717) is 5.56 Å². The lowest BCUT2D eigenvalue weighted by Gasteiger charge is -2.43. The Morgan fingerprint density at radius 1 is 0.854 bits per heavy atom. The van der Waals surface area contributed by atoms with Crippen LogP contribution in [0.25, 0.3) is 0 Å². The number of rotatable bonds is 9. The molecule has 256 valence electrons. The van der Waals surface area contributed by atoms with Gasteiger partial charge in [-0.05, 0) is 33.1 Å². The van der Waals surface area contributed by atoms with Crippen LogP contribution >= 0.6 is 0 Å². The van der Waals surface area contributed by atoms with Gasteiger partial charge < -0.3 is 28.7 Å². The van der Waals surface area contributed by atoms with E-state index >= 15 is 0 Å². The van der Waals surface area contributed by atoms with Crippen molar-refractivity contribution in [2.45, 2.75) is 82.5 Å². The Morgan fingerprint density at radius 3 is 1.88 bits per heavy atom. The van der Waals surface area contributed by atoms with Gasteiger partial charge in [-0.3, -0.25) is 14.4 Å².